The van der Waals surface area contributed by atoms with E-state index in [4.69, 9.17) is 4.74 Å². The molecule has 5 N–H and O–H groups in total. The lowest BCUT2D eigenvalue weighted by molar-refractivity contribution is -0.385. The summed E-state index contributed by atoms with van der Waals surface area (Å²) in [5.41, 5.74) is -4.31. The Morgan fingerprint density at radius 2 is 1.93 bits per heavy atom. The molecule has 3 aliphatic heterocycles. The molecule has 3 heterocycles. The second-order valence-corrected chi connectivity index (χ2v) is 12.0. The van der Waals surface area contributed by atoms with Crippen LogP contribution >= 0.6 is 11.8 Å². The molecule has 1 aromatic rings. The van der Waals surface area contributed by atoms with Crippen LogP contribution in [0, 0.1) is 10.1 Å². The molecule has 45 heavy (non-hydrogen) atoms. The van der Waals surface area contributed by atoms with Crippen LogP contribution in [0.2, 0.25) is 0 Å². The number of hydrogen-bond acceptors (Lipinski definition) is 10. The summed E-state index contributed by atoms with van der Waals surface area (Å²) in [7, 11) is 0. The molecule has 0 radical (unpaired) electrons. The van der Waals surface area contributed by atoms with Gasteiger partial charge in [-0.2, -0.15) is 24.9 Å². The molecule has 0 unspecified atom stereocenters. The predicted octanol–water partition coefficient (Wildman–Crippen LogP) is 2.74. The first-order valence-corrected chi connectivity index (χ1v) is 15.3. The molecule has 2 saturated heterocycles. The number of halogens is 3. The van der Waals surface area contributed by atoms with Gasteiger partial charge in [0.15, 0.2) is 12.4 Å². The minimum atomic E-state index is -4.89. The Balaban J connectivity index is 1.12. The van der Waals surface area contributed by atoms with E-state index in [-0.39, 0.29) is 30.4 Å². The number of ether oxygens (including phenoxy) is 1. The Kier molecular flexibility index (Phi) is 10.7. The molecule has 1 aromatic carbocycles. The molecule has 0 bridgehead atoms. The molecular formula is C26H32F3N7O8S. The topological polar surface area (TPSA) is 214 Å². The number of nitrogens with one attached hydrogen (secondary N) is 4. The third kappa shape index (κ3) is 8.52. The van der Waals surface area contributed by atoms with E-state index in [2.05, 4.69) is 31.5 Å². The van der Waals surface area contributed by atoms with Crippen molar-refractivity contribution in [3.8, 4) is 5.75 Å². The quantitative estimate of drug-likeness (QED) is 0.0719. The molecule has 2 fully saturated rings. The smallest absolute Gasteiger partial charge is 0.442 e. The number of aliphatic carboxylic acids is 1. The lowest BCUT2D eigenvalue weighted by Crippen LogP contribution is -2.43. The van der Waals surface area contributed by atoms with Crippen LogP contribution in [0.25, 0.3) is 0 Å². The van der Waals surface area contributed by atoms with Gasteiger partial charge >= 0.3 is 29.5 Å². The number of unbranched alkanes of at least 4 members (excludes halogenated alkanes) is 2. The van der Waals surface area contributed by atoms with Crippen LogP contribution in [0.3, 0.4) is 0 Å². The van der Waals surface area contributed by atoms with Gasteiger partial charge in [0, 0.05) is 35.6 Å². The zero-order valence-corrected chi connectivity index (χ0v) is 24.6. The Morgan fingerprint density at radius 3 is 2.60 bits per heavy atom. The number of nitro groups is 1. The number of benzene rings is 1. The van der Waals surface area contributed by atoms with Gasteiger partial charge < -0.3 is 31.1 Å². The van der Waals surface area contributed by atoms with E-state index in [1.54, 1.807) is 0 Å². The molecule has 3 aliphatic rings. The largest absolute Gasteiger partial charge is 0.480 e. The summed E-state index contributed by atoms with van der Waals surface area (Å²) < 4.78 is 44.9. The van der Waals surface area contributed by atoms with Crippen molar-refractivity contribution in [1.29, 1.82) is 0 Å². The Hall–Kier alpha value is -4.16. The fourth-order valence-electron chi connectivity index (χ4n) is 5.14. The van der Waals surface area contributed by atoms with Crippen LogP contribution in [0.4, 0.5) is 23.7 Å². The molecular weight excluding hydrogens is 627 g/mol. The number of rotatable bonds is 17. The summed E-state index contributed by atoms with van der Waals surface area (Å²) in [5.74, 6) is -1.98. The molecule has 246 valence electrons. The summed E-state index contributed by atoms with van der Waals surface area (Å²) in [6, 6.07) is 1.24. The molecule has 4 atom stereocenters. The number of hydrogen-bond donors (Lipinski definition) is 5. The second-order valence-electron chi connectivity index (χ2n) is 10.8. The van der Waals surface area contributed by atoms with Crippen LogP contribution in [-0.4, -0.2) is 82.3 Å². The van der Waals surface area contributed by atoms with Crippen molar-refractivity contribution in [3.63, 3.8) is 0 Å². The SMILES string of the molecule is O=C(CCCC[C@@H]1SC[C@@H]2NC(=O)N[C@@H]21)NCCCC[C@H](NC(=O)COc1ccc(C2(C(F)(F)F)N=N2)cc1[N+](=O)[O-])C(=O)O. The maximum atomic E-state index is 13.2. The molecule has 4 rings (SSSR count). The summed E-state index contributed by atoms with van der Waals surface area (Å²) in [4.78, 5) is 57.9. The minimum Gasteiger partial charge on any atom is -0.480 e. The lowest BCUT2D eigenvalue weighted by Gasteiger charge is -2.16. The van der Waals surface area contributed by atoms with Crippen molar-refractivity contribution in [3.05, 3.63) is 33.9 Å². The number of carboxylic acids is 1. The van der Waals surface area contributed by atoms with Gasteiger partial charge in [-0.15, -0.1) is 10.2 Å². The number of nitro benzene ring substituents is 1. The number of nitrogens with zero attached hydrogens (tertiary/aromatic N) is 3. The van der Waals surface area contributed by atoms with Crippen LogP contribution < -0.4 is 26.0 Å². The van der Waals surface area contributed by atoms with E-state index < -0.39 is 58.3 Å². The standard InChI is InChI=1S/C26H32F3N7O8S/c27-26(28,29)25(34-35-25)14-8-9-18(17(11-14)36(42)43)44-12-21(38)31-15(23(39)40)5-3-4-10-30-20(37)7-2-1-6-19-22-16(13-45-19)32-24(41)33-22/h8-9,11,15-16,19,22H,1-7,10,12-13H2,(H,30,37)(H,31,38)(H,39,40)(H2,32,33,41)/t15-,16-,19-,22-/m0/s1. The molecule has 15 nitrogen and oxygen atoms in total. The van der Waals surface area contributed by atoms with Crippen molar-refractivity contribution in [2.75, 3.05) is 18.9 Å². The Morgan fingerprint density at radius 1 is 1.18 bits per heavy atom. The van der Waals surface area contributed by atoms with Crippen molar-refractivity contribution in [2.24, 2.45) is 10.2 Å². The van der Waals surface area contributed by atoms with E-state index in [0.717, 1.165) is 30.7 Å². The van der Waals surface area contributed by atoms with E-state index in [9.17, 15) is 47.6 Å². The second kappa shape index (κ2) is 14.3. The Bertz CT molecular complexity index is 1340. The van der Waals surface area contributed by atoms with Gasteiger partial charge in [0.25, 0.3) is 5.91 Å². The highest BCUT2D eigenvalue weighted by atomic mass is 32.2. The maximum absolute atomic E-state index is 13.2. The van der Waals surface area contributed by atoms with E-state index in [1.807, 2.05) is 11.8 Å². The lowest BCUT2D eigenvalue weighted by atomic mass is 10.0. The first-order valence-electron chi connectivity index (χ1n) is 14.2. The maximum Gasteiger partial charge on any atom is 0.442 e. The third-order valence-corrected chi connectivity index (χ3v) is 9.08. The highest BCUT2D eigenvalue weighted by Gasteiger charge is 2.65. The van der Waals surface area contributed by atoms with Crippen LogP contribution in [0.15, 0.2) is 28.4 Å². The molecule has 0 spiro atoms. The summed E-state index contributed by atoms with van der Waals surface area (Å²) in [6.07, 6.45) is -1.27. The van der Waals surface area contributed by atoms with E-state index >= 15 is 0 Å². The zero-order chi connectivity index (χ0) is 32.8. The molecule has 4 amide bonds. The van der Waals surface area contributed by atoms with Gasteiger partial charge in [0.2, 0.25) is 5.91 Å². The number of carbonyl (C=O) groups excluding carboxylic acids is 3. The monoisotopic (exact) mass is 659 g/mol. The van der Waals surface area contributed by atoms with Gasteiger partial charge in [-0.25, -0.2) is 9.59 Å². The number of urea groups is 1. The number of fused-ring (bicyclic) bond motifs is 1. The predicted molar refractivity (Wildman–Crippen MR) is 152 cm³/mol. The van der Waals surface area contributed by atoms with Crippen LogP contribution in [0.1, 0.15) is 50.5 Å². The normalized spacial score (nSPS) is 21.7. The number of carboxylic acid groups (broad SMARTS) is 1. The van der Waals surface area contributed by atoms with Crippen LogP contribution in [0.5, 0.6) is 5.75 Å². The van der Waals surface area contributed by atoms with E-state index in [1.165, 1.54) is 0 Å². The third-order valence-electron chi connectivity index (χ3n) is 7.57. The Labute approximate surface area is 258 Å². The fourth-order valence-corrected chi connectivity index (χ4v) is 6.69. The number of thioether (sulfide) groups is 1. The van der Waals surface area contributed by atoms with Crippen molar-refractivity contribution < 1.29 is 47.1 Å². The number of alkyl halides is 3. The zero-order valence-electron chi connectivity index (χ0n) is 23.8. The van der Waals surface area contributed by atoms with E-state index in [0.29, 0.717) is 43.5 Å². The first kappa shape index (κ1) is 33.7. The number of amides is 4. The van der Waals surface area contributed by atoms with Crippen LogP contribution in [-0.2, 0) is 20.0 Å². The summed E-state index contributed by atoms with van der Waals surface area (Å²) in [6.45, 7) is -0.511. The highest BCUT2D eigenvalue weighted by molar-refractivity contribution is 8.00. The van der Waals surface area contributed by atoms with Gasteiger partial charge in [0.1, 0.15) is 6.04 Å². The molecule has 19 heteroatoms. The van der Waals surface area contributed by atoms with Crippen molar-refractivity contribution in [2.45, 2.75) is 80.2 Å². The van der Waals surface area contributed by atoms with Gasteiger partial charge in [-0.05, 0) is 44.2 Å². The summed E-state index contributed by atoms with van der Waals surface area (Å²) >= 11 is 1.81. The van der Waals surface area contributed by atoms with Gasteiger partial charge in [-0.1, -0.05) is 6.42 Å². The molecule has 0 saturated carbocycles. The minimum absolute atomic E-state index is 0.0327. The number of carbonyl (C=O) groups is 4. The summed E-state index contributed by atoms with van der Waals surface area (Å²) in [5, 5.41) is 38.0. The average molecular weight is 660 g/mol. The van der Waals surface area contributed by atoms with Gasteiger partial charge in [0.05, 0.1) is 17.0 Å². The van der Waals surface area contributed by atoms with Crippen molar-refractivity contribution >= 4 is 41.3 Å². The average Bonchev–Trinajstić information content (AvgIpc) is 3.61. The molecule has 0 aliphatic carbocycles. The first-order chi connectivity index (χ1) is 21.3. The van der Waals surface area contributed by atoms with Gasteiger partial charge in [-0.3, -0.25) is 19.7 Å². The fraction of sp³-hybridized carbons (Fsp3) is 0.615. The molecule has 0 aromatic heterocycles. The van der Waals surface area contributed by atoms with Crippen molar-refractivity contribution in [1.82, 2.24) is 21.3 Å². The highest BCUT2D eigenvalue weighted by Crippen LogP contribution is 2.53.